The summed E-state index contributed by atoms with van der Waals surface area (Å²) in [5, 5.41) is 2.71. The Morgan fingerprint density at radius 3 is 2.60 bits per heavy atom. The monoisotopic (exact) mass is 360 g/mol. The third-order valence-electron chi connectivity index (χ3n) is 3.26. The van der Waals surface area contributed by atoms with Crippen molar-refractivity contribution in [2.24, 2.45) is 0 Å². The number of benzene rings is 1. The van der Waals surface area contributed by atoms with Gasteiger partial charge in [-0.3, -0.25) is 4.79 Å². The molecule has 2 rings (SSSR count). The van der Waals surface area contributed by atoms with Gasteiger partial charge in [0, 0.05) is 11.9 Å². The molecule has 1 aromatic carbocycles. The lowest BCUT2D eigenvalue weighted by Gasteiger charge is -2.12. The Labute approximate surface area is 150 Å². The molecule has 0 saturated carbocycles. The number of thioether (sulfide) groups is 1. The van der Waals surface area contributed by atoms with Crippen molar-refractivity contribution in [3.63, 3.8) is 0 Å². The molecule has 132 valence electrons. The van der Waals surface area contributed by atoms with Gasteiger partial charge in [-0.2, -0.15) is 0 Å². The first kappa shape index (κ1) is 18.7. The van der Waals surface area contributed by atoms with Gasteiger partial charge in [0.25, 0.3) is 0 Å². The fourth-order valence-corrected chi connectivity index (χ4v) is 2.64. The van der Waals surface area contributed by atoms with Crippen molar-refractivity contribution >= 4 is 35.1 Å². The average Bonchev–Trinajstić information content (AvgIpc) is 2.57. The number of aromatic nitrogens is 2. The van der Waals surface area contributed by atoms with E-state index in [4.69, 9.17) is 10.5 Å². The average molecular weight is 360 g/mol. The normalized spacial score (nSPS) is 11.6. The van der Waals surface area contributed by atoms with Crippen LogP contribution in [0.1, 0.15) is 29.8 Å². The molecule has 0 spiro atoms. The number of nitrogens with two attached hydrogens (primary N) is 1. The molecule has 1 amide bonds. The largest absolute Gasteiger partial charge is 0.462 e. The van der Waals surface area contributed by atoms with Crippen LogP contribution in [-0.2, 0) is 9.53 Å². The van der Waals surface area contributed by atoms with E-state index in [0.29, 0.717) is 5.16 Å². The summed E-state index contributed by atoms with van der Waals surface area (Å²) in [7, 11) is 0. The molecule has 0 aliphatic carbocycles. The number of hydrogen-bond donors (Lipinski definition) is 2. The van der Waals surface area contributed by atoms with Crippen LogP contribution in [0.5, 0.6) is 0 Å². The Bertz CT molecular complexity index is 765. The highest BCUT2D eigenvalue weighted by Gasteiger charge is 2.19. The summed E-state index contributed by atoms with van der Waals surface area (Å²) in [6.07, 6.45) is 1.31. The van der Waals surface area contributed by atoms with Gasteiger partial charge >= 0.3 is 5.97 Å². The third-order valence-corrected chi connectivity index (χ3v) is 4.24. The van der Waals surface area contributed by atoms with E-state index in [-0.39, 0.29) is 23.9 Å². The number of amides is 1. The molecule has 0 saturated heterocycles. The molecule has 25 heavy (non-hydrogen) atoms. The van der Waals surface area contributed by atoms with E-state index in [1.165, 1.54) is 6.20 Å². The van der Waals surface area contributed by atoms with Gasteiger partial charge in [-0.25, -0.2) is 14.8 Å². The minimum atomic E-state index is -0.568. The summed E-state index contributed by atoms with van der Waals surface area (Å²) in [6, 6.07) is 7.52. The summed E-state index contributed by atoms with van der Waals surface area (Å²) < 4.78 is 4.87. The second-order valence-electron chi connectivity index (χ2n) is 5.29. The molecule has 1 aromatic heterocycles. The molecule has 1 unspecified atom stereocenters. The van der Waals surface area contributed by atoms with E-state index < -0.39 is 11.2 Å². The first-order valence-electron chi connectivity index (χ1n) is 7.74. The lowest BCUT2D eigenvalue weighted by molar-refractivity contribution is -0.115. The highest BCUT2D eigenvalue weighted by molar-refractivity contribution is 8.00. The van der Waals surface area contributed by atoms with Crippen molar-refractivity contribution in [2.45, 2.75) is 31.2 Å². The predicted molar refractivity (Wildman–Crippen MR) is 97.5 cm³/mol. The molecular weight excluding hydrogens is 340 g/mol. The summed E-state index contributed by atoms with van der Waals surface area (Å²) in [5.74, 6) is -0.714. The smallest absolute Gasteiger partial charge is 0.343 e. The number of hydrogen-bond acceptors (Lipinski definition) is 7. The van der Waals surface area contributed by atoms with Crippen LogP contribution in [0.2, 0.25) is 0 Å². The number of carbonyl (C=O) groups excluding carboxylic acids is 2. The van der Waals surface area contributed by atoms with Crippen molar-refractivity contribution in [3.05, 3.63) is 41.6 Å². The summed E-state index contributed by atoms with van der Waals surface area (Å²) in [4.78, 5) is 32.1. The van der Waals surface area contributed by atoms with Crippen LogP contribution >= 0.6 is 11.8 Å². The minimum Gasteiger partial charge on any atom is -0.462 e. The highest BCUT2D eigenvalue weighted by atomic mass is 32.2. The quantitative estimate of drug-likeness (QED) is 0.463. The van der Waals surface area contributed by atoms with Crippen LogP contribution in [0.15, 0.2) is 35.6 Å². The van der Waals surface area contributed by atoms with Gasteiger partial charge in [0.15, 0.2) is 5.16 Å². The second kappa shape index (κ2) is 8.48. The molecule has 8 heteroatoms. The van der Waals surface area contributed by atoms with Gasteiger partial charge in [-0.05, 0) is 32.9 Å². The lowest BCUT2D eigenvalue weighted by atomic mass is 10.2. The van der Waals surface area contributed by atoms with Gasteiger partial charge in [0.2, 0.25) is 5.91 Å². The van der Waals surface area contributed by atoms with E-state index in [2.05, 4.69) is 15.3 Å². The molecule has 3 N–H and O–H groups in total. The van der Waals surface area contributed by atoms with Crippen molar-refractivity contribution in [1.82, 2.24) is 9.97 Å². The number of aryl methyl sites for hydroxylation is 1. The fourth-order valence-electron chi connectivity index (χ4n) is 1.89. The summed E-state index contributed by atoms with van der Waals surface area (Å²) in [6.45, 7) is 5.66. The zero-order valence-electron chi connectivity index (χ0n) is 14.3. The van der Waals surface area contributed by atoms with E-state index in [1.54, 1.807) is 13.8 Å². The zero-order chi connectivity index (χ0) is 18.4. The number of nitrogens with zero attached hydrogens (tertiary/aromatic N) is 2. The second-order valence-corrected chi connectivity index (χ2v) is 6.60. The third kappa shape index (κ3) is 5.18. The van der Waals surface area contributed by atoms with Crippen LogP contribution in [0, 0.1) is 6.92 Å². The van der Waals surface area contributed by atoms with Crippen molar-refractivity contribution < 1.29 is 14.3 Å². The maximum absolute atomic E-state index is 12.3. The molecule has 2 aromatic rings. The van der Waals surface area contributed by atoms with Crippen molar-refractivity contribution in [2.75, 3.05) is 17.7 Å². The predicted octanol–water partition coefficient (Wildman–Crippen LogP) is 2.66. The number of carbonyl (C=O) groups is 2. The summed E-state index contributed by atoms with van der Waals surface area (Å²) >= 11 is 1.16. The van der Waals surface area contributed by atoms with Gasteiger partial charge in [-0.15, -0.1) is 0 Å². The van der Waals surface area contributed by atoms with E-state index >= 15 is 0 Å². The SMILES string of the molecule is CCOC(=O)c1cnc(SC(C)C(=O)Nc2ccc(C)cc2)nc1N. The maximum atomic E-state index is 12.3. The minimum absolute atomic E-state index is 0.0297. The van der Waals surface area contributed by atoms with E-state index in [9.17, 15) is 9.59 Å². The topological polar surface area (TPSA) is 107 Å². The molecule has 0 aliphatic rings. The van der Waals surface area contributed by atoms with E-state index in [1.807, 2.05) is 31.2 Å². The number of anilines is 2. The Balaban J connectivity index is 2.00. The van der Waals surface area contributed by atoms with Crippen LogP contribution in [0.4, 0.5) is 11.5 Å². The van der Waals surface area contributed by atoms with Gasteiger partial charge in [0.05, 0.1) is 11.9 Å². The lowest BCUT2D eigenvalue weighted by Crippen LogP contribution is -2.22. The Morgan fingerprint density at radius 1 is 1.32 bits per heavy atom. The molecule has 0 fully saturated rings. The van der Waals surface area contributed by atoms with Crippen LogP contribution in [0.3, 0.4) is 0 Å². The van der Waals surface area contributed by atoms with Gasteiger partial charge < -0.3 is 15.8 Å². The van der Waals surface area contributed by atoms with Crippen LogP contribution in [-0.4, -0.2) is 33.7 Å². The molecular formula is C17H20N4O3S. The van der Waals surface area contributed by atoms with Crippen LogP contribution < -0.4 is 11.1 Å². The molecule has 1 heterocycles. The number of nitrogen functional groups attached to an aromatic ring is 1. The number of nitrogens with one attached hydrogen (secondary N) is 1. The molecule has 1 atom stereocenters. The van der Waals surface area contributed by atoms with Crippen LogP contribution in [0.25, 0.3) is 0 Å². The number of ether oxygens (including phenoxy) is 1. The van der Waals surface area contributed by atoms with Crippen molar-refractivity contribution in [1.29, 1.82) is 0 Å². The molecule has 0 radical (unpaired) electrons. The Kier molecular flexibility index (Phi) is 6.35. The molecule has 7 nitrogen and oxygen atoms in total. The number of rotatable bonds is 6. The fraction of sp³-hybridized carbons (Fsp3) is 0.294. The Hall–Kier alpha value is -2.61. The molecule has 0 aliphatic heterocycles. The Morgan fingerprint density at radius 2 is 2.00 bits per heavy atom. The first-order chi connectivity index (χ1) is 11.9. The molecule has 0 bridgehead atoms. The maximum Gasteiger partial charge on any atom is 0.343 e. The highest BCUT2D eigenvalue weighted by Crippen LogP contribution is 2.23. The van der Waals surface area contributed by atoms with Crippen molar-refractivity contribution in [3.8, 4) is 0 Å². The first-order valence-corrected chi connectivity index (χ1v) is 8.62. The number of esters is 1. The van der Waals surface area contributed by atoms with E-state index in [0.717, 1.165) is 23.0 Å². The zero-order valence-corrected chi connectivity index (χ0v) is 15.1. The van der Waals surface area contributed by atoms with Gasteiger partial charge in [0.1, 0.15) is 11.4 Å². The van der Waals surface area contributed by atoms with Gasteiger partial charge in [-0.1, -0.05) is 29.5 Å². The summed E-state index contributed by atoms with van der Waals surface area (Å²) in [5.41, 5.74) is 7.73. The standard InChI is InChI=1S/C17H20N4O3S/c1-4-24-16(23)13-9-19-17(21-14(13)18)25-11(3)15(22)20-12-7-5-10(2)6-8-12/h5-9,11H,4H2,1-3H3,(H,20,22)(H2,18,19,21).